The highest BCUT2D eigenvalue weighted by atomic mass is 19.4. The normalized spacial score (nSPS) is 15.1. The fourth-order valence-corrected chi connectivity index (χ4v) is 4.36. The second-order valence-electron chi connectivity index (χ2n) is 8.59. The van der Waals surface area contributed by atoms with Crippen molar-refractivity contribution in [2.24, 2.45) is 4.99 Å². The lowest BCUT2D eigenvalue weighted by Gasteiger charge is -2.36. The lowest BCUT2D eigenvalue weighted by atomic mass is 10.1. The number of hydrogen-bond donors (Lipinski definition) is 0. The van der Waals surface area contributed by atoms with Gasteiger partial charge in [-0.25, -0.2) is 4.99 Å². The van der Waals surface area contributed by atoms with Crippen molar-refractivity contribution in [1.82, 2.24) is 9.80 Å². The highest BCUT2D eigenvalue weighted by Gasteiger charge is 2.33. The number of halogens is 3. The van der Waals surface area contributed by atoms with Crippen LogP contribution in [0.25, 0.3) is 0 Å². The SMILES string of the molecule is COc1cccc(C(=O)N2CCN(C3=Nc4cc(C(F)(F)F)ccc4Oc4cc(OC)ccc43)CC2)c1. The minimum absolute atomic E-state index is 0.0786. The number of alkyl halides is 3. The van der Waals surface area contributed by atoms with Crippen LogP contribution in [0.15, 0.2) is 65.7 Å². The van der Waals surface area contributed by atoms with Crippen LogP contribution < -0.4 is 14.2 Å². The van der Waals surface area contributed by atoms with Gasteiger partial charge in [0.15, 0.2) is 5.75 Å². The summed E-state index contributed by atoms with van der Waals surface area (Å²) in [5, 5.41) is 0. The Morgan fingerprint density at radius 2 is 1.62 bits per heavy atom. The number of hydrogen-bond acceptors (Lipinski definition) is 6. The Hall–Kier alpha value is -4.21. The van der Waals surface area contributed by atoms with Crippen molar-refractivity contribution in [3.63, 3.8) is 0 Å². The maximum absolute atomic E-state index is 13.4. The molecule has 0 radical (unpaired) electrons. The number of amidine groups is 1. The first kappa shape index (κ1) is 24.5. The molecule has 0 N–H and O–H groups in total. The second-order valence-corrected chi connectivity index (χ2v) is 8.59. The van der Waals surface area contributed by atoms with Gasteiger partial charge in [-0.2, -0.15) is 13.2 Å². The molecular weight excluding hydrogens is 487 g/mol. The molecule has 0 unspecified atom stereocenters. The summed E-state index contributed by atoms with van der Waals surface area (Å²) in [6, 6.07) is 15.4. The third-order valence-electron chi connectivity index (χ3n) is 6.35. The summed E-state index contributed by atoms with van der Waals surface area (Å²) in [6.07, 6.45) is -4.51. The van der Waals surface area contributed by atoms with Crippen molar-refractivity contribution in [2.75, 3.05) is 40.4 Å². The number of carbonyl (C=O) groups is 1. The van der Waals surface area contributed by atoms with Gasteiger partial charge < -0.3 is 24.0 Å². The van der Waals surface area contributed by atoms with Gasteiger partial charge in [0.1, 0.15) is 28.8 Å². The highest BCUT2D eigenvalue weighted by molar-refractivity contribution is 6.04. The Balaban J connectivity index is 1.45. The first-order valence-electron chi connectivity index (χ1n) is 11.6. The van der Waals surface area contributed by atoms with Gasteiger partial charge in [0.25, 0.3) is 5.91 Å². The molecule has 0 bridgehead atoms. The molecule has 0 aromatic heterocycles. The molecule has 7 nitrogen and oxygen atoms in total. The average Bonchev–Trinajstić information content (AvgIpc) is 3.08. The number of piperazine rings is 1. The fraction of sp³-hybridized carbons (Fsp3) is 0.259. The number of fused-ring (bicyclic) bond motifs is 2. The summed E-state index contributed by atoms with van der Waals surface area (Å²) in [6.45, 7) is 1.70. The van der Waals surface area contributed by atoms with Crippen LogP contribution >= 0.6 is 0 Å². The van der Waals surface area contributed by atoms with Gasteiger partial charge in [-0.15, -0.1) is 0 Å². The lowest BCUT2D eigenvalue weighted by molar-refractivity contribution is -0.137. The van der Waals surface area contributed by atoms with Crippen molar-refractivity contribution in [1.29, 1.82) is 0 Å². The molecule has 2 aliphatic heterocycles. The molecule has 3 aromatic rings. The van der Waals surface area contributed by atoms with Crippen molar-refractivity contribution in [3.8, 4) is 23.0 Å². The van der Waals surface area contributed by atoms with E-state index in [0.29, 0.717) is 60.4 Å². The second kappa shape index (κ2) is 9.68. The number of amides is 1. The minimum atomic E-state index is -4.51. The van der Waals surface area contributed by atoms with Crippen molar-refractivity contribution in [2.45, 2.75) is 6.18 Å². The van der Waals surface area contributed by atoms with Crippen LogP contribution in [0.2, 0.25) is 0 Å². The molecule has 1 saturated heterocycles. The zero-order valence-corrected chi connectivity index (χ0v) is 20.2. The van der Waals surface area contributed by atoms with E-state index in [0.717, 1.165) is 12.1 Å². The van der Waals surface area contributed by atoms with E-state index in [1.165, 1.54) is 13.2 Å². The Kier molecular flexibility index (Phi) is 6.41. The molecule has 3 aromatic carbocycles. The first-order chi connectivity index (χ1) is 17.8. The molecule has 10 heteroatoms. The lowest BCUT2D eigenvalue weighted by Crippen LogP contribution is -2.50. The number of nitrogens with zero attached hydrogens (tertiary/aromatic N) is 3. The largest absolute Gasteiger partial charge is 0.497 e. The number of carbonyl (C=O) groups excluding carboxylic acids is 1. The van der Waals surface area contributed by atoms with E-state index < -0.39 is 11.7 Å². The van der Waals surface area contributed by atoms with Crippen molar-refractivity contribution in [3.05, 3.63) is 77.4 Å². The minimum Gasteiger partial charge on any atom is -0.497 e. The van der Waals surface area contributed by atoms with Gasteiger partial charge in [0, 0.05) is 37.8 Å². The van der Waals surface area contributed by atoms with Gasteiger partial charge in [-0.05, 0) is 48.5 Å². The molecule has 5 rings (SSSR count). The van der Waals surface area contributed by atoms with Crippen LogP contribution in [0.1, 0.15) is 21.5 Å². The monoisotopic (exact) mass is 511 g/mol. The third-order valence-corrected chi connectivity index (χ3v) is 6.35. The van der Waals surface area contributed by atoms with Gasteiger partial charge >= 0.3 is 6.18 Å². The zero-order valence-electron chi connectivity index (χ0n) is 20.2. The molecule has 2 heterocycles. The number of rotatable bonds is 3. The van der Waals surface area contributed by atoms with Crippen molar-refractivity contribution >= 4 is 17.4 Å². The number of ether oxygens (including phenoxy) is 3. The maximum atomic E-state index is 13.4. The van der Waals surface area contributed by atoms with Gasteiger partial charge in [-0.3, -0.25) is 4.79 Å². The summed E-state index contributed by atoms with van der Waals surface area (Å²) in [4.78, 5) is 21.4. The van der Waals surface area contributed by atoms with Gasteiger partial charge in [0.2, 0.25) is 0 Å². The van der Waals surface area contributed by atoms with Crippen LogP contribution in [-0.2, 0) is 6.18 Å². The van der Waals surface area contributed by atoms with E-state index in [9.17, 15) is 18.0 Å². The van der Waals surface area contributed by atoms with Crippen molar-refractivity contribution < 1.29 is 32.2 Å². The summed E-state index contributed by atoms with van der Waals surface area (Å²) in [5.74, 6) is 2.14. The Labute approximate surface area is 211 Å². The predicted octanol–water partition coefficient (Wildman–Crippen LogP) is 5.36. The van der Waals surface area contributed by atoms with E-state index in [1.807, 2.05) is 4.90 Å². The third kappa shape index (κ3) is 4.91. The smallest absolute Gasteiger partial charge is 0.416 e. The van der Waals surface area contributed by atoms with E-state index >= 15 is 0 Å². The molecule has 1 fully saturated rings. The molecular formula is C27H24F3N3O4. The summed E-state index contributed by atoms with van der Waals surface area (Å²) < 4.78 is 56.8. The first-order valence-corrected chi connectivity index (χ1v) is 11.6. The Morgan fingerprint density at radius 3 is 2.32 bits per heavy atom. The molecule has 192 valence electrons. The maximum Gasteiger partial charge on any atom is 0.416 e. The predicted molar refractivity (Wildman–Crippen MR) is 131 cm³/mol. The van der Waals surface area contributed by atoms with E-state index in [1.54, 1.807) is 54.5 Å². The molecule has 0 saturated carbocycles. The number of methoxy groups -OCH3 is 2. The highest BCUT2D eigenvalue weighted by Crippen LogP contribution is 2.42. The van der Waals surface area contributed by atoms with Gasteiger partial charge in [-0.1, -0.05) is 6.07 Å². The zero-order chi connectivity index (χ0) is 26.2. The molecule has 37 heavy (non-hydrogen) atoms. The molecule has 2 aliphatic rings. The standard InChI is InChI=1S/C27H24F3N3O4/c1-35-19-5-3-4-17(14-19)26(34)33-12-10-32(11-13-33)25-21-8-7-20(36-2)16-24(21)37-23-9-6-18(27(28,29)30)15-22(23)31-25/h3-9,14-16H,10-13H2,1-2H3. The molecule has 0 spiro atoms. The van der Waals surface area contributed by atoms with Crippen LogP contribution in [0, 0.1) is 0 Å². The number of benzene rings is 3. The van der Waals surface area contributed by atoms with Gasteiger partial charge in [0.05, 0.1) is 25.3 Å². The van der Waals surface area contributed by atoms with Crippen LogP contribution in [0.3, 0.4) is 0 Å². The molecule has 0 atom stereocenters. The molecule has 1 amide bonds. The summed E-state index contributed by atoms with van der Waals surface area (Å²) in [7, 11) is 3.07. The van der Waals surface area contributed by atoms with E-state index in [-0.39, 0.29) is 17.3 Å². The molecule has 0 aliphatic carbocycles. The Morgan fingerprint density at radius 1 is 0.892 bits per heavy atom. The fourth-order valence-electron chi connectivity index (χ4n) is 4.36. The Bertz CT molecular complexity index is 1370. The van der Waals surface area contributed by atoms with Crippen LogP contribution in [-0.4, -0.2) is 61.9 Å². The van der Waals surface area contributed by atoms with Crippen LogP contribution in [0.5, 0.6) is 23.0 Å². The average molecular weight is 512 g/mol. The van der Waals surface area contributed by atoms with E-state index in [4.69, 9.17) is 14.2 Å². The quantitative estimate of drug-likeness (QED) is 0.474. The topological polar surface area (TPSA) is 63.6 Å². The summed E-state index contributed by atoms with van der Waals surface area (Å²) >= 11 is 0. The number of aliphatic imine (C=N–C) groups is 1. The van der Waals surface area contributed by atoms with Crippen LogP contribution in [0.4, 0.5) is 18.9 Å². The summed E-state index contributed by atoms with van der Waals surface area (Å²) in [5.41, 5.74) is 0.419. The van der Waals surface area contributed by atoms with E-state index in [2.05, 4.69) is 4.99 Å².